The number of carbonyl (C=O) groups is 1. The minimum Gasteiger partial charge on any atom is -0.346 e. The molecule has 2 rings (SSSR count). The Bertz CT molecular complexity index is 481. The smallest absolute Gasteiger partial charge is 0.257 e. The molecule has 1 fully saturated rings. The summed E-state index contributed by atoms with van der Waals surface area (Å²) in [5.41, 5.74) is 1.64. The molecule has 1 N–H and O–H groups in total. The van der Waals surface area contributed by atoms with Crippen LogP contribution in [0.2, 0.25) is 0 Å². The molecule has 19 heavy (non-hydrogen) atoms. The van der Waals surface area contributed by atoms with Gasteiger partial charge in [0.1, 0.15) is 0 Å². The van der Waals surface area contributed by atoms with Crippen molar-refractivity contribution >= 4 is 23.2 Å². The highest BCUT2D eigenvalue weighted by Crippen LogP contribution is 2.07. The van der Waals surface area contributed by atoms with Crippen molar-refractivity contribution in [1.29, 1.82) is 0 Å². The molecule has 1 aliphatic heterocycles. The average Bonchev–Trinajstić information content (AvgIpc) is 2.39. The van der Waals surface area contributed by atoms with Crippen molar-refractivity contribution in [3.63, 3.8) is 0 Å². The second-order valence-electron chi connectivity index (χ2n) is 4.86. The van der Waals surface area contributed by atoms with Crippen molar-refractivity contribution in [2.75, 3.05) is 33.2 Å². The zero-order valence-corrected chi connectivity index (χ0v) is 12.2. The second kappa shape index (κ2) is 6.12. The SMILES string of the molecule is Cc1ccccc1C(=O)NC(=S)N1CCN(C)CC1. The van der Waals surface area contributed by atoms with Crippen LogP contribution in [0.5, 0.6) is 0 Å². The molecule has 1 aliphatic rings. The number of aryl methyl sites for hydroxylation is 1. The van der Waals surface area contributed by atoms with Gasteiger partial charge in [-0.25, -0.2) is 0 Å². The van der Waals surface area contributed by atoms with Gasteiger partial charge in [0, 0.05) is 31.7 Å². The van der Waals surface area contributed by atoms with Gasteiger partial charge in [0.15, 0.2) is 5.11 Å². The zero-order chi connectivity index (χ0) is 13.8. The number of amides is 1. The third-order valence-corrected chi connectivity index (χ3v) is 3.76. The quantitative estimate of drug-likeness (QED) is 0.784. The summed E-state index contributed by atoms with van der Waals surface area (Å²) in [6.45, 7) is 5.60. The van der Waals surface area contributed by atoms with Crippen LogP contribution < -0.4 is 5.32 Å². The Kier molecular flexibility index (Phi) is 4.50. The average molecular weight is 277 g/mol. The number of hydrogen-bond acceptors (Lipinski definition) is 3. The number of thiocarbonyl (C=S) groups is 1. The molecular weight excluding hydrogens is 258 g/mol. The Morgan fingerprint density at radius 1 is 1.21 bits per heavy atom. The lowest BCUT2D eigenvalue weighted by molar-refractivity contribution is 0.0970. The molecule has 0 atom stereocenters. The van der Waals surface area contributed by atoms with Crippen LogP contribution in [0.25, 0.3) is 0 Å². The molecule has 102 valence electrons. The van der Waals surface area contributed by atoms with Crippen LogP contribution in [0.3, 0.4) is 0 Å². The Morgan fingerprint density at radius 2 is 1.84 bits per heavy atom. The van der Waals surface area contributed by atoms with Crippen LogP contribution in [-0.4, -0.2) is 54.0 Å². The third-order valence-electron chi connectivity index (χ3n) is 3.40. The van der Waals surface area contributed by atoms with Crippen LogP contribution in [-0.2, 0) is 0 Å². The Balaban J connectivity index is 1.96. The van der Waals surface area contributed by atoms with E-state index in [9.17, 15) is 4.79 Å². The van der Waals surface area contributed by atoms with Gasteiger partial charge < -0.3 is 9.80 Å². The van der Waals surface area contributed by atoms with E-state index in [1.165, 1.54) is 0 Å². The summed E-state index contributed by atoms with van der Waals surface area (Å²) in [5, 5.41) is 3.35. The standard InChI is InChI=1S/C14H19N3OS/c1-11-5-3-4-6-12(11)13(18)15-14(19)17-9-7-16(2)8-10-17/h3-6H,7-10H2,1-2H3,(H,15,18,19). The van der Waals surface area contributed by atoms with E-state index in [-0.39, 0.29) is 5.91 Å². The second-order valence-corrected chi connectivity index (χ2v) is 5.25. The topological polar surface area (TPSA) is 35.6 Å². The summed E-state index contributed by atoms with van der Waals surface area (Å²) in [6.07, 6.45) is 0. The molecule has 0 spiro atoms. The lowest BCUT2D eigenvalue weighted by atomic mass is 10.1. The highest BCUT2D eigenvalue weighted by atomic mass is 32.1. The molecule has 0 bridgehead atoms. The number of nitrogens with one attached hydrogen (secondary N) is 1. The van der Waals surface area contributed by atoms with Gasteiger partial charge in [0.05, 0.1) is 0 Å². The van der Waals surface area contributed by atoms with Crippen LogP contribution in [0.15, 0.2) is 24.3 Å². The van der Waals surface area contributed by atoms with E-state index in [4.69, 9.17) is 12.2 Å². The van der Waals surface area contributed by atoms with Gasteiger partial charge >= 0.3 is 0 Å². The van der Waals surface area contributed by atoms with E-state index in [0.29, 0.717) is 10.7 Å². The first kappa shape index (κ1) is 14.0. The number of benzene rings is 1. The Hall–Kier alpha value is -1.46. The van der Waals surface area contributed by atoms with Crippen LogP contribution in [0.1, 0.15) is 15.9 Å². The van der Waals surface area contributed by atoms with Gasteiger partial charge in [-0.15, -0.1) is 0 Å². The largest absolute Gasteiger partial charge is 0.346 e. The molecule has 0 aliphatic carbocycles. The minimum absolute atomic E-state index is 0.123. The molecule has 0 radical (unpaired) electrons. The van der Waals surface area contributed by atoms with Crippen molar-refractivity contribution < 1.29 is 4.79 Å². The molecule has 4 nitrogen and oxygen atoms in total. The maximum Gasteiger partial charge on any atom is 0.257 e. The van der Waals surface area contributed by atoms with Gasteiger partial charge in [-0.3, -0.25) is 10.1 Å². The van der Waals surface area contributed by atoms with Crippen molar-refractivity contribution in [1.82, 2.24) is 15.1 Å². The first-order valence-corrected chi connectivity index (χ1v) is 6.83. The summed E-state index contributed by atoms with van der Waals surface area (Å²) >= 11 is 5.31. The fourth-order valence-corrected chi connectivity index (χ4v) is 2.36. The van der Waals surface area contributed by atoms with E-state index < -0.39 is 0 Å². The monoisotopic (exact) mass is 277 g/mol. The van der Waals surface area contributed by atoms with Gasteiger partial charge in [-0.1, -0.05) is 18.2 Å². The van der Waals surface area contributed by atoms with E-state index >= 15 is 0 Å². The molecule has 0 aromatic heterocycles. The van der Waals surface area contributed by atoms with Crippen LogP contribution in [0.4, 0.5) is 0 Å². The summed E-state index contributed by atoms with van der Waals surface area (Å²) in [4.78, 5) is 16.4. The Morgan fingerprint density at radius 3 is 2.47 bits per heavy atom. The fourth-order valence-electron chi connectivity index (χ4n) is 2.08. The number of nitrogens with zero attached hydrogens (tertiary/aromatic N) is 2. The molecule has 1 aromatic rings. The predicted molar refractivity (Wildman–Crippen MR) is 80.3 cm³/mol. The zero-order valence-electron chi connectivity index (χ0n) is 11.3. The first-order valence-electron chi connectivity index (χ1n) is 6.42. The summed E-state index contributed by atoms with van der Waals surface area (Å²) in [6, 6.07) is 7.52. The number of carbonyl (C=O) groups excluding carboxylic acids is 1. The molecule has 5 heteroatoms. The maximum atomic E-state index is 12.1. The number of hydrogen-bond donors (Lipinski definition) is 1. The summed E-state index contributed by atoms with van der Waals surface area (Å²) in [5.74, 6) is -0.123. The van der Waals surface area contributed by atoms with Crippen LogP contribution in [0, 0.1) is 6.92 Å². The first-order chi connectivity index (χ1) is 9.08. The highest BCUT2D eigenvalue weighted by molar-refractivity contribution is 7.80. The van der Waals surface area contributed by atoms with Crippen molar-refractivity contribution in [3.05, 3.63) is 35.4 Å². The molecule has 1 aromatic carbocycles. The van der Waals surface area contributed by atoms with Crippen LogP contribution >= 0.6 is 12.2 Å². The van der Waals surface area contributed by atoms with Crippen molar-refractivity contribution in [2.45, 2.75) is 6.92 Å². The lowest BCUT2D eigenvalue weighted by Crippen LogP contribution is -2.51. The van der Waals surface area contributed by atoms with Gasteiger partial charge in [-0.2, -0.15) is 0 Å². The van der Waals surface area contributed by atoms with E-state index in [0.717, 1.165) is 31.7 Å². The predicted octanol–water partition coefficient (Wildman–Crippen LogP) is 1.26. The summed E-state index contributed by atoms with van der Waals surface area (Å²) in [7, 11) is 2.09. The molecule has 1 saturated heterocycles. The maximum absolute atomic E-state index is 12.1. The van der Waals surface area contributed by atoms with Gasteiger partial charge in [0.25, 0.3) is 5.91 Å². The summed E-state index contributed by atoms with van der Waals surface area (Å²) < 4.78 is 0. The van der Waals surface area contributed by atoms with Gasteiger partial charge in [0.2, 0.25) is 0 Å². The minimum atomic E-state index is -0.123. The normalized spacial score (nSPS) is 16.2. The number of rotatable bonds is 1. The molecular formula is C14H19N3OS. The molecule has 0 unspecified atom stereocenters. The van der Waals surface area contributed by atoms with Gasteiger partial charge in [-0.05, 0) is 37.8 Å². The third kappa shape index (κ3) is 3.52. The lowest BCUT2D eigenvalue weighted by Gasteiger charge is -2.33. The molecule has 1 heterocycles. The van der Waals surface area contributed by atoms with E-state index in [1.807, 2.05) is 36.1 Å². The van der Waals surface area contributed by atoms with Crippen molar-refractivity contribution in [2.24, 2.45) is 0 Å². The molecule has 1 amide bonds. The number of likely N-dealkylation sites (N-methyl/N-ethyl adjacent to an activating group) is 1. The highest BCUT2D eigenvalue weighted by Gasteiger charge is 2.18. The Labute approximate surface area is 119 Å². The van der Waals surface area contributed by atoms with Crippen molar-refractivity contribution in [3.8, 4) is 0 Å². The fraction of sp³-hybridized carbons (Fsp3) is 0.429. The molecule has 0 saturated carbocycles. The van der Waals surface area contributed by atoms with E-state index in [2.05, 4.69) is 17.3 Å². The van der Waals surface area contributed by atoms with E-state index in [1.54, 1.807) is 0 Å². The number of piperazine rings is 1.